The first-order valence-corrected chi connectivity index (χ1v) is 9.08. The Hall–Kier alpha value is -1.26. The molecule has 1 aromatic rings. The third-order valence-electron chi connectivity index (χ3n) is 5.26. The molecule has 23 heavy (non-hydrogen) atoms. The Morgan fingerprint density at radius 2 is 1.83 bits per heavy atom. The molecule has 1 atom stereocenters. The maximum absolute atomic E-state index is 5.34. The van der Waals surface area contributed by atoms with Crippen LogP contribution in [-0.2, 0) is 0 Å². The maximum Gasteiger partial charge on any atom is 0.120 e. The number of methoxy groups -OCH3 is 1. The van der Waals surface area contributed by atoms with Gasteiger partial charge in [-0.05, 0) is 37.4 Å². The van der Waals surface area contributed by atoms with Crippen molar-refractivity contribution >= 4 is 5.69 Å². The Labute approximate surface area is 141 Å². The van der Waals surface area contributed by atoms with Gasteiger partial charge in [-0.2, -0.15) is 0 Å². The van der Waals surface area contributed by atoms with Gasteiger partial charge in [-0.25, -0.2) is 0 Å². The highest BCUT2D eigenvalue weighted by molar-refractivity contribution is 5.51. The van der Waals surface area contributed by atoms with Gasteiger partial charge in [0.2, 0.25) is 0 Å². The molecule has 0 radical (unpaired) electrons. The first kappa shape index (κ1) is 16.6. The highest BCUT2D eigenvalue weighted by atomic mass is 16.5. The number of rotatable bonds is 5. The van der Waals surface area contributed by atoms with Crippen molar-refractivity contribution in [3.8, 4) is 5.75 Å². The number of hydrogen-bond donors (Lipinski definition) is 0. The molecule has 1 aromatic carbocycles. The van der Waals surface area contributed by atoms with Crippen LogP contribution in [0.5, 0.6) is 5.75 Å². The van der Waals surface area contributed by atoms with E-state index < -0.39 is 0 Å². The molecule has 2 aliphatic heterocycles. The molecule has 2 saturated heterocycles. The second kappa shape index (κ2) is 8.02. The van der Waals surface area contributed by atoms with Crippen molar-refractivity contribution in [3.63, 3.8) is 0 Å². The third kappa shape index (κ3) is 4.61. The summed E-state index contributed by atoms with van der Waals surface area (Å²) in [5.41, 5.74) is 1.29. The first-order chi connectivity index (χ1) is 11.2. The molecule has 0 N–H and O–H groups in total. The second-order valence-electron chi connectivity index (χ2n) is 7.08. The Kier molecular flexibility index (Phi) is 5.79. The lowest BCUT2D eigenvalue weighted by molar-refractivity contribution is 0.151. The molecular formula is C19H31N3O. The van der Waals surface area contributed by atoms with E-state index >= 15 is 0 Å². The number of piperazine rings is 1. The van der Waals surface area contributed by atoms with Gasteiger partial charge < -0.3 is 14.5 Å². The summed E-state index contributed by atoms with van der Waals surface area (Å²) in [7, 11) is 1.73. The zero-order valence-electron chi connectivity index (χ0n) is 14.7. The largest absolute Gasteiger partial charge is 0.497 e. The van der Waals surface area contributed by atoms with E-state index in [1.54, 1.807) is 7.11 Å². The third-order valence-corrected chi connectivity index (χ3v) is 5.26. The minimum Gasteiger partial charge on any atom is -0.497 e. The number of anilines is 1. The lowest BCUT2D eigenvalue weighted by atomic mass is 10.0. The van der Waals surface area contributed by atoms with E-state index in [4.69, 9.17) is 4.74 Å². The minimum absolute atomic E-state index is 0.883. The van der Waals surface area contributed by atoms with Crippen LogP contribution in [0.4, 0.5) is 5.69 Å². The summed E-state index contributed by atoms with van der Waals surface area (Å²) in [5, 5.41) is 0. The molecular weight excluding hydrogens is 286 g/mol. The normalized spacial score (nSPS) is 23.9. The highest BCUT2D eigenvalue weighted by Crippen LogP contribution is 2.22. The van der Waals surface area contributed by atoms with Crippen LogP contribution in [0.25, 0.3) is 0 Å². The zero-order chi connectivity index (χ0) is 16.1. The fraction of sp³-hybridized carbons (Fsp3) is 0.684. The number of benzene rings is 1. The number of nitrogens with zero attached hydrogens (tertiary/aromatic N) is 3. The van der Waals surface area contributed by atoms with Crippen molar-refractivity contribution in [2.24, 2.45) is 5.92 Å². The lowest BCUT2D eigenvalue weighted by Crippen LogP contribution is -2.49. The summed E-state index contributed by atoms with van der Waals surface area (Å²) >= 11 is 0. The van der Waals surface area contributed by atoms with E-state index in [-0.39, 0.29) is 0 Å². The fourth-order valence-corrected chi connectivity index (χ4v) is 3.81. The van der Waals surface area contributed by atoms with E-state index in [0.717, 1.165) is 24.8 Å². The van der Waals surface area contributed by atoms with Crippen molar-refractivity contribution in [1.82, 2.24) is 9.80 Å². The van der Waals surface area contributed by atoms with Crippen molar-refractivity contribution < 1.29 is 4.74 Å². The summed E-state index contributed by atoms with van der Waals surface area (Å²) < 4.78 is 5.34. The monoisotopic (exact) mass is 317 g/mol. The summed E-state index contributed by atoms with van der Waals surface area (Å²) in [4.78, 5) is 7.75. The minimum atomic E-state index is 0.883. The zero-order valence-corrected chi connectivity index (χ0v) is 14.7. The van der Waals surface area contributed by atoms with Crippen LogP contribution in [0.15, 0.2) is 24.3 Å². The molecule has 0 spiro atoms. The number of hydrogen-bond acceptors (Lipinski definition) is 4. The second-order valence-corrected chi connectivity index (χ2v) is 7.08. The van der Waals surface area contributed by atoms with Crippen molar-refractivity contribution in [2.45, 2.75) is 19.8 Å². The average Bonchev–Trinajstić information content (AvgIpc) is 2.60. The van der Waals surface area contributed by atoms with Gasteiger partial charge in [-0.1, -0.05) is 13.0 Å². The van der Waals surface area contributed by atoms with E-state index in [9.17, 15) is 0 Å². The fourth-order valence-electron chi connectivity index (χ4n) is 3.81. The molecule has 0 bridgehead atoms. The van der Waals surface area contributed by atoms with Crippen LogP contribution in [0, 0.1) is 5.92 Å². The quantitative estimate of drug-likeness (QED) is 0.831. The SMILES string of the molecule is COc1cccc(N2CCN(CCN3CCCC(C)C3)CC2)c1. The molecule has 2 heterocycles. The van der Waals surface area contributed by atoms with Crippen molar-refractivity contribution in [2.75, 3.05) is 64.4 Å². The predicted octanol–water partition coefficient (Wildman–Crippen LogP) is 2.55. The standard InChI is InChI=1S/C19H31N3O/c1-17-5-4-8-21(16-17)10-9-20-11-13-22(14-12-20)18-6-3-7-19(15-18)23-2/h3,6-7,15,17H,4-5,8-14,16H2,1-2H3. The van der Waals surface area contributed by atoms with Gasteiger partial charge in [0.15, 0.2) is 0 Å². The maximum atomic E-state index is 5.34. The molecule has 0 aliphatic carbocycles. The van der Waals surface area contributed by atoms with Gasteiger partial charge >= 0.3 is 0 Å². The van der Waals surface area contributed by atoms with Crippen LogP contribution >= 0.6 is 0 Å². The molecule has 128 valence electrons. The van der Waals surface area contributed by atoms with Crippen LogP contribution in [0.2, 0.25) is 0 Å². The van der Waals surface area contributed by atoms with Crippen molar-refractivity contribution in [1.29, 1.82) is 0 Å². The van der Waals surface area contributed by atoms with Crippen LogP contribution < -0.4 is 9.64 Å². The van der Waals surface area contributed by atoms with Crippen molar-refractivity contribution in [3.05, 3.63) is 24.3 Å². The molecule has 1 unspecified atom stereocenters. The van der Waals surface area contributed by atoms with Gasteiger partial charge in [0.1, 0.15) is 5.75 Å². The van der Waals surface area contributed by atoms with Gasteiger partial charge in [0.05, 0.1) is 7.11 Å². The topological polar surface area (TPSA) is 19.0 Å². The molecule has 3 rings (SSSR count). The van der Waals surface area contributed by atoms with Gasteiger partial charge in [-0.15, -0.1) is 0 Å². The van der Waals surface area contributed by atoms with E-state index in [1.807, 2.05) is 6.07 Å². The van der Waals surface area contributed by atoms with Gasteiger partial charge in [0, 0.05) is 57.6 Å². The smallest absolute Gasteiger partial charge is 0.120 e. The Morgan fingerprint density at radius 1 is 1.04 bits per heavy atom. The van der Waals surface area contributed by atoms with E-state index in [1.165, 1.54) is 57.8 Å². The van der Waals surface area contributed by atoms with Crippen LogP contribution in [-0.4, -0.2) is 69.3 Å². The number of likely N-dealkylation sites (tertiary alicyclic amines) is 1. The summed E-state index contributed by atoms with van der Waals surface area (Å²) in [5.74, 6) is 1.83. The van der Waals surface area contributed by atoms with Crippen LogP contribution in [0.3, 0.4) is 0 Å². The molecule has 2 fully saturated rings. The van der Waals surface area contributed by atoms with E-state index in [2.05, 4.69) is 39.8 Å². The van der Waals surface area contributed by atoms with Crippen LogP contribution in [0.1, 0.15) is 19.8 Å². The molecule has 0 aromatic heterocycles. The summed E-state index contributed by atoms with van der Waals surface area (Å²) in [6.07, 6.45) is 2.79. The molecule has 2 aliphatic rings. The Morgan fingerprint density at radius 3 is 2.57 bits per heavy atom. The van der Waals surface area contributed by atoms with Gasteiger partial charge in [-0.3, -0.25) is 4.90 Å². The van der Waals surface area contributed by atoms with Gasteiger partial charge in [0.25, 0.3) is 0 Å². The van der Waals surface area contributed by atoms with E-state index in [0.29, 0.717) is 0 Å². The molecule has 4 nitrogen and oxygen atoms in total. The molecule has 0 amide bonds. The Bertz CT molecular complexity index is 485. The number of ether oxygens (including phenoxy) is 1. The average molecular weight is 317 g/mol. The predicted molar refractivity (Wildman–Crippen MR) is 96.5 cm³/mol. The number of piperidine rings is 1. The molecule has 4 heteroatoms. The summed E-state index contributed by atoms with van der Waals surface area (Å²) in [6.45, 7) is 12.0. The Balaban J connectivity index is 1.43. The highest BCUT2D eigenvalue weighted by Gasteiger charge is 2.20. The molecule has 0 saturated carbocycles. The first-order valence-electron chi connectivity index (χ1n) is 9.08. The lowest BCUT2D eigenvalue weighted by Gasteiger charge is -2.38. The summed E-state index contributed by atoms with van der Waals surface area (Å²) in [6, 6.07) is 8.43.